The number of hydrogen-bond acceptors (Lipinski definition) is 5. The van der Waals surface area contributed by atoms with E-state index < -0.39 is 0 Å². The number of fused-ring (bicyclic) bond motifs is 2. The van der Waals surface area contributed by atoms with E-state index in [1.54, 1.807) is 30.0 Å². The molecule has 1 aliphatic carbocycles. The number of carbonyl (C=O) groups excluding carboxylic acids is 1. The summed E-state index contributed by atoms with van der Waals surface area (Å²) in [4.78, 5) is 21.9. The number of rotatable bonds is 3. The minimum atomic E-state index is -0.286. The van der Waals surface area contributed by atoms with Crippen molar-refractivity contribution >= 4 is 11.6 Å². The molecule has 1 atom stereocenters. The average molecular weight is 388 g/mol. The summed E-state index contributed by atoms with van der Waals surface area (Å²) in [6.45, 7) is 0. The fourth-order valence-corrected chi connectivity index (χ4v) is 3.72. The van der Waals surface area contributed by atoms with Gasteiger partial charge in [-0.1, -0.05) is 12.1 Å². The summed E-state index contributed by atoms with van der Waals surface area (Å²) in [5, 5.41) is 4.48. The van der Waals surface area contributed by atoms with Crippen LogP contribution in [-0.4, -0.2) is 32.5 Å². The first-order chi connectivity index (χ1) is 14.1. The van der Waals surface area contributed by atoms with Crippen molar-refractivity contribution in [1.29, 1.82) is 0 Å². The van der Waals surface area contributed by atoms with Gasteiger partial charge in [0.15, 0.2) is 11.6 Å². The minimum absolute atomic E-state index is 0.0106. The Morgan fingerprint density at radius 3 is 2.52 bits per heavy atom. The van der Waals surface area contributed by atoms with Gasteiger partial charge in [-0.2, -0.15) is 4.98 Å². The molecule has 144 valence electrons. The van der Waals surface area contributed by atoms with Crippen molar-refractivity contribution in [1.82, 2.24) is 19.6 Å². The largest absolute Gasteiger partial charge is 0.497 e. The van der Waals surface area contributed by atoms with Crippen LogP contribution in [0.25, 0.3) is 17.2 Å². The topological polar surface area (TPSA) is 69.4 Å². The maximum Gasteiger partial charge on any atom is 0.252 e. The summed E-state index contributed by atoms with van der Waals surface area (Å²) in [6, 6.07) is 13.8. The molecule has 0 N–H and O–H groups in total. The van der Waals surface area contributed by atoms with Crippen LogP contribution >= 0.6 is 0 Å². The van der Waals surface area contributed by atoms with Crippen LogP contribution in [0.3, 0.4) is 0 Å². The maximum absolute atomic E-state index is 13.2. The molecule has 7 heteroatoms. The van der Waals surface area contributed by atoms with E-state index in [-0.39, 0.29) is 17.5 Å². The number of benzene rings is 2. The Morgan fingerprint density at radius 2 is 1.79 bits per heavy atom. The van der Waals surface area contributed by atoms with Gasteiger partial charge in [-0.15, -0.1) is 5.10 Å². The SMILES string of the molecule is COc1ccc(-c2nc3nc4c(cn3n2)C(=O)CC(c2ccc(F)cc2)C4)cc1. The number of aromatic nitrogens is 4. The second-order valence-corrected chi connectivity index (χ2v) is 7.09. The van der Waals surface area contributed by atoms with E-state index in [1.165, 1.54) is 12.1 Å². The Morgan fingerprint density at radius 1 is 1.03 bits per heavy atom. The summed E-state index contributed by atoms with van der Waals surface area (Å²) in [5.74, 6) is 1.44. The molecule has 2 aromatic heterocycles. The number of nitrogens with zero attached hydrogens (tertiary/aromatic N) is 4. The highest BCUT2D eigenvalue weighted by atomic mass is 19.1. The number of ketones is 1. The fraction of sp³-hybridized carbons (Fsp3) is 0.182. The quantitative estimate of drug-likeness (QED) is 0.533. The molecule has 0 radical (unpaired) electrons. The number of Topliss-reactive ketones (excluding diaryl/α,β-unsaturated/α-hetero) is 1. The molecule has 0 saturated carbocycles. The highest BCUT2D eigenvalue weighted by Crippen LogP contribution is 2.32. The van der Waals surface area contributed by atoms with E-state index in [2.05, 4.69) is 15.1 Å². The van der Waals surface area contributed by atoms with Gasteiger partial charge >= 0.3 is 0 Å². The third-order valence-electron chi connectivity index (χ3n) is 5.27. The molecule has 0 aliphatic heterocycles. The average Bonchev–Trinajstić information content (AvgIpc) is 3.16. The zero-order valence-corrected chi connectivity index (χ0v) is 15.7. The van der Waals surface area contributed by atoms with E-state index >= 15 is 0 Å². The van der Waals surface area contributed by atoms with Crippen LogP contribution in [0, 0.1) is 5.82 Å². The summed E-state index contributed by atoms with van der Waals surface area (Å²) >= 11 is 0. The molecule has 1 aliphatic rings. The second-order valence-electron chi connectivity index (χ2n) is 7.09. The van der Waals surface area contributed by atoms with Crippen molar-refractivity contribution in [3.05, 3.63) is 77.4 Å². The first kappa shape index (κ1) is 17.5. The van der Waals surface area contributed by atoms with Crippen LogP contribution in [-0.2, 0) is 6.42 Å². The minimum Gasteiger partial charge on any atom is -0.497 e. The molecular formula is C22H17FN4O2. The van der Waals surface area contributed by atoms with E-state index in [9.17, 15) is 9.18 Å². The zero-order chi connectivity index (χ0) is 20.0. The summed E-state index contributed by atoms with van der Waals surface area (Å²) < 4.78 is 20.0. The van der Waals surface area contributed by atoms with Gasteiger partial charge in [-0.25, -0.2) is 13.9 Å². The lowest BCUT2D eigenvalue weighted by molar-refractivity contribution is 0.0962. The van der Waals surface area contributed by atoms with Gasteiger partial charge in [-0.05, 0) is 54.3 Å². The summed E-state index contributed by atoms with van der Waals surface area (Å²) in [7, 11) is 1.61. The Kier molecular flexibility index (Phi) is 4.08. The molecule has 0 spiro atoms. The lowest BCUT2D eigenvalue weighted by atomic mass is 9.82. The molecular weight excluding hydrogens is 371 g/mol. The van der Waals surface area contributed by atoms with Gasteiger partial charge in [0, 0.05) is 18.2 Å². The van der Waals surface area contributed by atoms with Crippen LogP contribution in [0.4, 0.5) is 4.39 Å². The molecule has 0 saturated heterocycles. The third-order valence-corrected chi connectivity index (χ3v) is 5.27. The highest BCUT2D eigenvalue weighted by Gasteiger charge is 2.28. The molecule has 0 bridgehead atoms. The van der Waals surface area contributed by atoms with Gasteiger partial charge in [0.1, 0.15) is 11.6 Å². The molecule has 2 aromatic carbocycles. The normalized spacial score (nSPS) is 16.1. The number of ether oxygens (including phenoxy) is 1. The molecule has 6 nitrogen and oxygen atoms in total. The van der Waals surface area contributed by atoms with E-state index in [4.69, 9.17) is 4.74 Å². The van der Waals surface area contributed by atoms with Gasteiger partial charge in [-0.3, -0.25) is 4.79 Å². The smallest absolute Gasteiger partial charge is 0.252 e. The van der Waals surface area contributed by atoms with Crippen molar-refractivity contribution in [3.63, 3.8) is 0 Å². The van der Waals surface area contributed by atoms with E-state index in [1.807, 2.05) is 24.3 Å². The second kappa shape index (κ2) is 6.77. The molecule has 0 amide bonds. The summed E-state index contributed by atoms with van der Waals surface area (Å²) in [6.07, 6.45) is 2.68. The van der Waals surface area contributed by atoms with Crippen molar-refractivity contribution in [3.8, 4) is 17.1 Å². The number of halogens is 1. The van der Waals surface area contributed by atoms with Gasteiger partial charge in [0.2, 0.25) is 0 Å². The molecule has 1 unspecified atom stereocenters. The van der Waals surface area contributed by atoms with Crippen LogP contribution in [0.15, 0.2) is 54.7 Å². The van der Waals surface area contributed by atoms with Crippen LogP contribution in [0.5, 0.6) is 5.75 Å². The van der Waals surface area contributed by atoms with Crippen molar-refractivity contribution in [2.24, 2.45) is 0 Å². The number of methoxy groups -OCH3 is 1. The third kappa shape index (κ3) is 3.14. The molecule has 29 heavy (non-hydrogen) atoms. The first-order valence-electron chi connectivity index (χ1n) is 9.30. The van der Waals surface area contributed by atoms with Gasteiger partial charge < -0.3 is 4.74 Å². The van der Waals surface area contributed by atoms with E-state index in [0.717, 1.165) is 16.9 Å². The maximum atomic E-state index is 13.2. The van der Waals surface area contributed by atoms with E-state index in [0.29, 0.717) is 35.7 Å². The fourth-order valence-electron chi connectivity index (χ4n) is 3.72. The number of carbonyl (C=O) groups is 1. The lowest BCUT2D eigenvalue weighted by Crippen LogP contribution is -2.21. The molecule has 0 fully saturated rings. The molecule has 4 aromatic rings. The molecule has 2 heterocycles. The van der Waals surface area contributed by atoms with Crippen molar-refractivity contribution in [2.45, 2.75) is 18.8 Å². The van der Waals surface area contributed by atoms with Crippen LogP contribution in [0.1, 0.15) is 34.0 Å². The monoisotopic (exact) mass is 388 g/mol. The van der Waals surface area contributed by atoms with Gasteiger partial charge in [0.25, 0.3) is 5.78 Å². The van der Waals surface area contributed by atoms with Gasteiger partial charge in [0.05, 0.1) is 18.4 Å². The first-order valence-corrected chi connectivity index (χ1v) is 9.30. The standard InChI is InChI=1S/C22H17FN4O2/c1-29-17-8-4-14(5-9-17)21-25-22-24-19-10-15(13-2-6-16(23)7-3-13)11-20(28)18(19)12-27(22)26-21/h2-9,12,15H,10-11H2,1H3. The Labute approximate surface area is 166 Å². The molecule has 5 rings (SSSR count). The Hall–Kier alpha value is -3.61. The predicted molar refractivity (Wildman–Crippen MR) is 105 cm³/mol. The van der Waals surface area contributed by atoms with Crippen LogP contribution in [0.2, 0.25) is 0 Å². The predicted octanol–water partition coefficient (Wildman–Crippen LogP) is 3.85. The lowest BCUT2D eigenvalue weighted by Gasteiger charge is -2.23. The Balaban J connectivity index is 1.51. The van der Waals surface area contributed by atoms with Crippen LogP contribution < -0.4 is 4.74 Å². The zero-order valence-electron chi connectivity index (χ0n) is 15.7. The number of hydrogen-bond donors (Lipinski definition) is 0. The summed E-state index contributed by atoms with van der Waals surface area (Å²) in [5.41, 5.74) is 3.05. The Bertz CT molecular complexity index is 1220. The van der Waals surface area contributed by atoms with Crippen molar-refractivity contribution in [2.75, 3.05) is 7.11 Å². The van der Waals surface area contributed by atoms with Crippen molar-refractivity contribution < 1.29 is 13.9 Å². The highest BCUT2D eigenvalue weighted by molar-refractivity contribution is 5.98.